The summed E-state index contributed by atoms with van der Waals surface area (Å²) in [6, 6.07) is 6.36. The number of hydrogen-bond donors (Lipinski definition) is 2. The fourth-order valence-electron chi connectivity index (χ4n) is 3.45. The highest BCUT2D eigenvalue weighted by Crippen LogP contribution is 2.31. The summed E-state index contributed by atoms with van der Waals surface area (Å²) in [5.41, 5.74) is 1.34. The maximum Gasteiger partial charge on any atom is 0.324 e. The van der Waals surface area contributed by atoms with Gasteiger partial charge in [-0.25, -0.2) is 4.79 Å². The van der Waals surface area contributed by atoms with Crippen LogP contribution in [0.2, 0.25) is 0 Å². The smallest absolute Gasteiger partial charge is 0.324 e. The maximum absolute atomic E-state index is 12.5. The average Bonchev–Trinajstić information content (AvgIpc) is 3.27. The molecule has 0 spiro atoms. The number of fused-ring (bicyclic) bond motifs is 1. The molecule has 0 radical (unpaired) electrons. The Bertz CT molecular complexity index is 726. The number of carbonyl (C=O) groups is 2. The summed E-state index contributed by atoms with van der Waals surface area (Å²) >= 11 is 3.54. The van der Waals surface area contributed by atoms with Crippen LogP contribution < -0.4 is 10.2 Å². The van der Waals surface area contributed by atoms with Crippen molar-refractivity contribution in [1.29, 1.82) is 0 Å². The number of imide groups is 1. The molecule has 0 saturated carbocycles. The van der Waals surface area contributed by atoms with Gasteiger partial charge in [0, 0.05) is 30.0 Å². The van der Waals surface area contributed by atoms with E-state index in [0.29, 0.717) is 19.6 Å². The highest BCUT2D eigenvalue weighted by Gasteiger charge is 2.37. The number of nitrogens with one attached hydrogen (secondary N) is 2. The molecule has 2 aliphatic heterocycles. The molecule has 0 bridgehead atoms. The Hall–Kier alpha value is -1.70. The summed E-state index contributed by atoms with van der Waals surface area (Å²) in [7, 11) is 0. The molecule has 2 atom stereocenters. The van der Waals surface area contributed by atoms with Crippen LogP contribution in [0.5, 0.6) is 0 Å². The minimum atomic E-state index is -0.254. The van der Waals surface area contributed by atoms with E-state index in [1.165, 1.54) is 25.1 Å². The Morgan fingerprint density at radius 3 is 3.00 bits per heavy atom. The summed E-state index contributed by atoms with van der Waals surface area (Å²) in [6.45, 7) is 2.34. The highest BCUT2D eigenvalue weighted by molar-refractivity contribution is 7.10. The van der Waals surface area contributed by atoms with Crippen molar-refractivity contribution in [3.8, 4) is 0 Å². The Morgan fingerprint density at radius 1 is 1.35 bits per heavy atom. The van der Waals surface area contributed by atoms with Gasteiger partial charge in [0.1, 0.15) is 6.04 Å². The quantitative estimate of drug-likeness (QED) is 0.866. The second-order valence-electron chi connectivity index (χ2n) is 5.86. The molecule has 1 fully saturated rings. The molecule has 7 heteroatoms. The first-order valence-corrected chi connectivity index (χ1v) is 9.52. The van der Waals surface area contributed by atoms with Crippen molar-refractivity contribution >= 4 is 34.6 Å². The van der Waals surface area contributed by atoms with E-state index in [0.717, 1.165) is 13.0 Å². The molecule has 4 rings (SSSR count). The van der Waals surface area contributed by atoms with Gasteiger partial charge in [-0.05, 0) is 22.9 Å². The van der Waals surface area contributed by atoms with Gasteiger partial charge in [-0.3, -0.25) is 9.69 Å². The van der Waals surface area contributed by atoms with E-state index in [4.69, 9.17) is 0 Å². The van der Waals surface area contributed by atoms with Crippen molar-refractivity contribution in [2.24, 2.45) is 0 Å². The fourth-order valence-corrected chi connectivity index (χ4v) is 5.27. The van der Waals surface area contributed by atoms with E-state index in [2.05, 4.69) is 34.3 Å². The lowest BCUT2D eigenvalue weighted by Crippen LogP contribution is -3.14. The molecule has 4 heterocycles. The monoisotopic (exact) mass is 348 g/mol. The first-order valence-electron chi connectivity index (χ1n) is 7.76. The molecule has 1 unspecified atom stereocenters. The van der Waals surface area contributed by atoms with Crippen molar-refractivity contribution in [2.45, 2.75) is 12.5 Å². The predicted octanol–water partition coefficient (Wildman–Crippen LogP) is 0.892. The van der Waals surface area contributed by atoms with Gasteiger partial charge in [0.15, 0.2) is 6.54 Å². The number of rotatable bonds is 3. The second-order valence-corrected chi connectivity index (χ2v) is 7.84. The van der Waals surface area contributed by atoms with Gasteiger partial charge in [-0.2, -0.15) is 0 Å². The second kappa shape index (κ2) is 6.07. The van der Waals surface area contributed by atoms with E-state index < -0.39 is 0 Å². The van der Waals surface area contributed by atoms with Gasteiger partial charge < -0.3 is 10.2 Å². The van der Waals surface area contributed by atoms with Crippen molar-refractivity contribution in [3.63, 3.8) is 0 Å². The molecular formula is C16H18N3O2S2+. The van der Waals surface area contributed by atoms with E-state index in [9.17, 15) is 9.59 Å². The van der Waals surface area contributed by atoms with Crippen molar-refractivity contribution in [2.75, 3.05) is 26.2 Å². The maximum atomic E-state index is 12.5. The molecule has 120 valence electrons. The van der Waals surface area contributed by atoms with Crippen molar-refractivity contribution < 1.29 is 14.5 Å². The summed E-state index contributed by atoms with van der Waals surface area (Å²) in [6.07, 6.45) is 1.00. The van der Waals surface area contributed by atoms with Gasteiger partial charge in [0.2, 0.25) is 0 Å². The third kappa shape index (κ3) is 2.69. The lowest BCUT2D eigenvalue weighted by Gasteiger charge is -2.32. The molecule has 23 heavy (non-hydrogen) atoms. The molecule has 2 aromatic rings. The third-order valence-corrected chi connectivity index (χ3v) is 6.47. The van der Waals surface area contributed by atoms with Gasteiger partial charge in [-0.1, -0.05) is 6.07 Å². The molecule has 0 aliphatic carbocycles. The molecular weight excluding hydrogens is 330 g/mol. The molecule has 2 aliphatic rings. The lowest BCUT2D eigenvalue weighted by molar-refractivity contribution is -0.919. The van der Waals surface area contributed by atoms with Crippen LogP contribution in [0.1, 0.15) is 21.4 Å². The van der Waals surface area contributed by atoms with E-state index in [1.54, 1.807) is 22.7 Å². The van der Waals surface area contributed by atoms with Crippen LogP contribution in [0.3, 0.4) is 0 Å². The van der Waals surface area contributed by atoms with Crippen molar-refractivity contribution in [1.82, 2.24) is 10.2 Å². The van der Waals surface area contributed by atoms with Crippen LogP contribution in [0, 0.1) is 0 Å². The zero-order chi connectivity index (χ0) is 15.8. The summed E-state index contributed by atoms with van der Waals surface area (Å²) in [5, 5.41) is 6.93. The number of urea groups is 1. The van der Waals surface area contributed by atoms with Crippen LogP contribution in [-0.4, -0.2) is 43.0 Å². The van der Waals surface area contributed by atoms with E-state index in [-0.39, 0.29) is 18.0 Å². The topological polar surface area (TPSA) is 53.9 Å². The Morgan fingerprint density at radius 2 is 2.26 bits per heavy atom. The summed E-state index contributed by atoms with van der Waals surface area (Å²) in [5.74, 6) is -0.0739. The standard InChI is InChI=1S/C16H17N3O2S2/c20-14(19-7-5-17-16(19)21)10-18-6-3-12-11(4-9-23-12)15(18)13-2-1-8-22-13/h1-2,4,8-9,15H,3,5-7,10H2,(H,17,21)/p+1/t15-/m0/s1. The number of amides is 3. The number of carbonyl (C=O) groups excluding carboxylic acids is 2. The Balaban J connectivity index is 1.60. The summed E-state index contributed by atoms with van der Waals surface area (Å²) in [4.78, 5) is 29.6. The predicted molar refractivity (Wildman–Crippen MR) is 90.0 cm³/mol. The number of thiophene rings is 2. The van der Waals surface area contributed by atoms with Gasteiger partial charge in [0.05, 0.1) is 11.4 Å². The number of quaternary nitrogens is 1. The minimum absolute atomic E-state index is 0.0739. The normalized spacial score (nSPS) is 23.7. The Labute approximate surface area is 142 Å². The van der Waals surface area contributed by atoms with Gasteiger partial charge in [-0.15, -0.1) is 22.7 Å². The van der Waals surface area contributed by atoms with Crippen LogP contribution in [0.15, 0.2) is 29.0 Å². The fraction of sp³-hybridized carbons (Fsp3) is 0.375. The Kier molecular flexibility index (Phi) is 3.92. The zero-order valence-corrected chi connectivity index (χ0v) is 14.2. The molecule has 0 aromatic carbocycles. The summed E-state index contributed by atoms with van der Waals surface area (Å²) < 4.78 is 0. The minimum Gasteiger partial charge on any atom is -0.336 e. The highest BCUT2D eigenvalue weighted by atomic mass is 32.1. The first-order chi connectivity index (χ1) is 11.2. The van der Waals surface area contributed by atoms with Crippen LogP contribution in [0.4, 0.5) is 4.79 Å². The largest absolute Gasteiger partial charge is 0.336 e. The SMILES string of the molecule is O=C(C[NH+]1CCc2sccc2[C@H]1c1cccs1)N1CCNC1=O. The molecule has 5 nitrogen and oxygen atoms in total. The van der Waals surface area contributed by atoms with Crippen LogP contribution in [-0.2, 0) is 11.2 Å². The third-order valence-electron chi connectivity index (χ3n) is 4.54. The molecule has 1 saturated heterocycles. The van der Waals surface area contributed by atoms with Crippen LogP contribution >= 0.6 is 22.7 Å². The van der Waals surface area contributed by atoms with E-state index in [1.807, 2.05) is 0 Å². The number of nitrogens with zero attached hydrogens (tertiary/aromatic N) is 1. The average molecular weight is 348 g/mol. The zero-order valence-electron chi connectivity index (χ0n) is 12.6. The van der Waals surface area contributed by atoms with Gasteiger partial charge in [0.25, 0.3) is 5.91 Å². The number of hydrogen-bond acceptors (Lipinski definition) is 4. The molecule has 3 amide bonds. The molecule has 2 aromatic heterocycles. The van der Waals surface area contributed by atoms with Gasteiger partial charge >= 0.3 is 6.03 Å². The lowest BCUT2D eigenvalue weighted by atomic mass is 9.98. The van der Waals surface area contributed by atoms with Crippen molar-refractivity contribution in [3.05, 3.63) is 44.3 Å². The van der Waals surface area contributed by atoms with E-state index >= 15 is 0 Å². The van der Waals surface area contributed by atoms with Crippen LogP contribution in [0.25, 0.3) is 0 Å². The molecule has 2 N–H and O–H groups in total. The first kappa shape index (κ1) is 14.9.